The topological polar surface area (TPSA) is 61.8 Å². The maximum absolute atomic E-state index is 11.8. The molecule has 6 heteroatoms. The summed E-state index contributed by atoms with van der Waals surface area (Å²) in [7, 11) is -2.84. The second kappa shape index (κ2) is 6.50. The maximum atomic E-state index is 11.8. The molecule has 3 fully saturated rings. The van der Waals surface area contributed by atoms with Crippen LogP contribution in [-0.4, -0.2) is 45.0 Å². The van der Waals surface area contributed by atoms with Gasteiger partial charge in [-0.2, -0.15) is 0 Å². The molecule has 2 heterocycles. The van der Waals surface area contributed by atoms with E-state index in [0.29, 0.717) is 24.1 Å². The van der Waals surface area contributed by atoms with Crippen LogP contribution in [0.3, 0.4) is 0 Å². The summed E-state index contributed by atoms with van der Waals surface area (Å²) in [5.74, 6) is 1.77. The van der Waals surface area contributed by atoms with Gasteiger partial charge in [0.1, 0.15) is 0 Å². The van der Waals surface area contributed by atoms with Gasteiger partial charge >= 0.3 is 0 Å². The molecule has 27 heavy (non-hydrogen) atoms. The van der Waals surface area contributed by atoms with E-state index in [-0.39, 0.29) is 11.3 Å². The fourth-order valence-electron chi connectivity index (χ4n) is 5.15. The number of hydrogen-bond acceptors (Lipinski definition) is 3. The molecule has 0 aromatic heterocycles. The molecule has 1 atom stereocenters. The monoisotopic (exact) mass is 387 g/mol. The summed E-state index contributed by atoms with van der Waals surface area (Å²) in [5, 5.41) is 3.65. The molecule has 0 radical (unpaired) electrons. The Morgan fingerprint density at radius 2 is 1.96 bits per heavy atom. The number of para-hydroxylation sites is 1. The number of rotatable bonds is 3. The Morgan fingerprint density at radius 3 is 2.67 bits per heavy atom. The van der Waals surface area contributed by atoms with Gasteiger partial charge in [-0.15, -0.1) is 0 Å². The van der Waals surface area contributed by atoms with Crippen molar-refractivity contribution < 1.29 is 8.42 Å². The molecule has 0 bridgehead atoms. The minimum atomic E-state index is -2.84. The van der Waals surface area contributed by atoms with Gasteiger partial charge in [0.25, 0.3) is 0 Å². The standard InChI is InChI=1S/C21H29N3O2S/c25-27(26)12-9-16(14-27)13-22-20(23-17-7-8-17)24-15-21(10-3-4-11-21)18-5-1-2-6-19(18)24/h1-2,5-6,16-17H,3-4,7-15H2,(H,22,23). The fourth-order valence-corrected chi connectivity index (χ4v) is 7.00. The second-order valence-electron chi connectivity index (χ2n) is 8.94. The van der Waals surface area contributed by atoms with Gasteiger partial charge in [-0.1, -0.05) is 31.0 Å². The van der Waals surface area contributed by atoms with Gasteiger partial charge in [-0.3, -0.25) is 4.99 Å². The highest BCUT2D eigenvalue weighted by Gasteiger charge is 2.46. The van der Waals surface area contributed by atoms with Gasteiger partial charge in [0.2, 0.25) is 0 Å². The van der Waals surface area contributed by atoms with Gasteiger partial charge in [0.15, 0.2) is 15.8 Å². The Bertz CT molecular complexity index is 854. The highest BCUT2D eigenvalue weighted by Crippen LogP contribution is 2.50. The number of guanidine groups is 1. The summed E-state index contributed by atoms with van der Waals surface area (Å²) in [5.41, 5.74) is 3.06. The Labute approximate surface area is 162 Å². The van der Waals surface area contributed by atoms with Crippen LogP contribution in [0.5, 0.6) is 0 Å². The number of anilines is 1. The van der Waals surface area contributed by atoms with Crippen molar-refractivity contribution in [2.24, 2.45) is 10.9 Å². The lowest BCUT2D eigenvalue weighted by molar-refractivity contribution is 0.477. The number of fused-ring (bicyclic) bond motifs is 2. The van der Waals surface area contributed by atoms with Crippen LogP contribution < -0.4 is 10.2 Å². The summed E-state index contributed by atoms with van der Waals surface area (Å²) in [4.78, 5) is 7.35. The van der Waals surface area contributed by atoms with E-state index in [2.05, 4.69) is 34.5 Å². The van der Waals surface area contributed by atoms with E-state index in [0.717, 1.165) is 18.9 Å². The van der Waals surface area contributed by atoms with Crippen LogP contribution in [0.2, 0.25) is 0 Å². The molecule has 5 nitrogen and oxygen atoms in total. The molecule has 2 saturated carbocycles. The third kappa shape index (κ3) is 3.37. The molecule has 1 saturated heterocycles. The molecule has 1 spiro atoms. The van der Waals surface area contributed by atoms with E-state index >= 15 is 0 Å². The molecule has 1 unspecified atom stereocenters. The molecule has 4 aliphatic rings. The molecule has 0 amide bonds. The van der Waals surface area contributed by atoms with Crippen LogP contribution in [0.4, 0.5) is 5.69 Å². The van der Waals surface area contributed by atoms with Gasteiger partial charge in [-0.25, -0.2) is 8.42 Å². The molecule has 1 aromatic carbocycles. The van der Waals surface area contributed by atoms with Gasteiger partial charge in [0.05, 0.1) is 11.5 Å². The van der Waals surface area contributed by atoms with Crippen molar-refractivity contribution in [3.05, 3.63) is 29.8 Å². The number of benzene rings is 1. The number of hydrogen-bond donors (Lipinski definition) is 1. The summed E-state index contributed by atoms with van der Waals surface area (Å²) in [6.45, 7) is 1.62. The highest BCUT2D eigenvalue weighted by atomic mass is 32.2. The molecule has 1 aromatic rings. The number of aliphatic imine (C=N–C) groups is 1. The quantitative estimate of drug-likeness (QED) is 0.640. The van der Waals surface area contributed by atoms with Crippen molar-refractivity contribution in [2.75, 3.05) is 29.5 Å². The summed E-state index contributed by atoms with van der Waals surface area (Å²) in [6.07, 6.45) is 8.31. The zero-order valence-corrected chi connectivity index (χ0v) is 16.7. The van der Waals surface area contributed by atoms with E-state index in [1.807, 2.05) is 0 Å². The van der Waals surface area contributed by atoms with E-state index in [9.17, 15) is 8.42 Å². The third-order valence-electron chi connectivity index (χ3n) is 6.78. The molecule has 146 valence electrons. The molecular weight excluding hydrogens is 358 g/mol. The maximum Gasteiger partial charge on any atom is 0.198 e. The van der Waals surface area contributed by atoms with Crippen molar-refractivity contribution in [2.45, 2.75) is 56.4 Å². The summed E-state index contributed by atoms with van der Waals surface area (Å²) in [6, 6.07) is 9.35. The first-order valence-corrected chi connectivity index (χ1v) is 12.3. The van der Waals surface area contributed by atoms with E-state index in [1.165, 1.54) is 49.8 Å². The van der Waals surface area contributed by atoms with Crippen molar-refractivity contribution in [1.29, 1.82) is 0 Å². The smallest absolute Gasteiger partial charge is 0.198 e. The first-order valence-electron chi connectivity index (χ1n) is 10.4. The summed E-state index contributed by atoms with van der Waals surface area (Å²) < 4.78 is 23.6. The van der Waals surface area contributed by atoms with E-state index in [4.69, 9.17) is 4.99 Å². The van der Waals surface area contributed by atoms with Crippen molar-refractivity contribution in [1.82, 2.24) is 5.32 Å². The van der Waals surface area contributed by atoms with Gasteiger partial charge in [-0.05, 0) is 49.7 Å². The van der Waals surface area contributed by atoms with Gasteiger partial charge < -0.3 is 10.2 Å². The molecule has 2 aliphatic carbocycles. The highest BCUT2D eigenvalue weighted by molar-refractivity contribution is 7.91. The van der Waals surface area contributed by atoms with E-state index < -0.39 is 9.84 Å². The molecule has 5 rings (SSSR count). The zero-order chi connectivity index (χ0) is 18.5. The Kier molecular flexibility index (Phi) is 4.22. The minimum Gasteiger partial charge on any atom is -0.353 e. The van der Waals surface area contributed by atoms with Crippen LogP contribution in [0.25, 0.3) is 0 Å². The Hall–Kier alpha value is -1.56. The predicted molar refractivity (Wildman–Crippen MR) is 109 cm³/mol. The molecule has 2 aliphatic heterocycles. The average molecular weight is 388 g/mol. The number of nitrogens with zero attached hydrogens (tertiary/aromatic N) is 2. The third-order valence-corrected chi connectivity index (χ3v) is 8.62. The Balaban J connectivity index is 1.43. The van der Waals surface area contributed by atoms with Crippen LogP contribution in [0.15, 0.2) is 29.3 Å². The number of sulfone groups is 1. The Morgan fingerprint density at radius 1 is 1.19 bits per heavy atom. The minimum absolute atomic E-state index is 0.171. The lowest BCUT2D eigenvalue weighted by Gasteiger charge is -2.27. The van der Waals surface area contributed by atoms with Crippen LogP contribution in [-0.2, 0) is 15.3 Å². The van der Waals surface area contributed by atoms with Crippen molar-refractivity contribution >= 4 is 21.5 Å². The predicted octanol–water partition coefficient (Wildman–Crippen LogP) is 2.86. The van der Waals surface area contributed by atoms with Crippen molar-refractivity contribution in [3.8, 4) is 0 Å². The van der Waals surface area contributed by atoms with Crippen LogP contribution in [0, 0.1) is 5.92 Å². The van der Waals surface area contributed by atoms with Crippen molar-refractivity contribution in [3.63, 3.8) is 0 Å². The lowest BCUT2D eigenvalue weighted by atomic mass is 9.81. The first kappa shape index (κ1) is 17.5. The molecule has 1 N–H and O–H groups in total. The normalized spacial score (nSPS) is 28.7. The van der Waals surface area contributed by atoms with Crippen LogP contribution in [0.1, 0.15) is 50.5 Å². The summed E-state index contributed by atoms with van der Waals surface area (Å²) >= 11 is 0. The lowest BCUT2D eigenvalue weighted by Crippen LogP contribution is -2.44. The van der Waals surface area contributed by atoms with E-state index in [1.54, 1.807) is 0 Å². The average Bonchev–Trinajstić information content (AvgIpc) is 3.10. The van der Waals surface area contributed by atoms with Gasteiger partial charge in [0, 0.05) is 30.2 Å². The zero-order valence-electron chi connectivity index (χ0n) is 15.9. The SMILES string of the molecule is O=S1(=O)CCC(CN=C(NC2CC2)N2CC3(CCCC3)c3ccccc32)C1. The fraction of sp³-hybridized carbons (Fsp3) is 0.667. The molecular formula is C21H29N3O2S. The number of nitrogens with one attached hydrogen (secondary N) is 1. The second-order valence-corrected chi connectivity index (χ2v) is 11.2. The largest absolute Gasteiger partial charge is 0.353 e. The van der Waals surface area contributed by atoms with Crippen LogP contribution >= 0.6 is 0 Å². The first-order chi connectivity index (χ1) is 13.0.